The number of ketones is 1. The Kier molecular flexibility index (Phi) is 13.4. The summed E-state index contributed by atoms with van der Waals surface area (Å²) in [5, 5.41) is 28.5. The molecule has 2 bridgehead atoms. The topological polar surface area (TPSA) is 253 Å². The molecule has 2 saturated carbocycles. The molecule has 12 atom stereocenters. The number of esters is 5. The number of benzene rings is 3. The number of nitrogens with two attached hydrogens (primary N) is 1. The van der Waals surface area contributed by atoms with Gasteiger partial charge in [-0.1, -0.05) is 80.6 Å². The van der Waals surface area contributed by atoms with Gasteiger partial charge in [-0.05, 0) is 61.7 Å². The number of fused-ring (bicyclic) bond motifs is 5. The monoisotopic (exact) mass is 924 g/mol. The number of Topliss-reactive ketones (excluding diaryl/α,β-unsaturated/α-hetero) is 1. The van der Waals surface area contributed by atoms with Crippen LogP contribution in [0.25, 0.3) is 0 Å². The molecule has 3 aromatic carbocycles. The molecule has 0 radical (unpaired) electrons. The van der Waals surface area contributed by atoms with Crippen LogP contribution >= 0.6 is 0 Å². The van der Waals surface area contributed by atoms with Crippen LogP contribution in [0, 0.1) is 16.7 Å². The summed E-state index contributed by atoms with van der Waals surface area (Å²) >= 11 is 0. The number of aliphatic hydroxyl groups is 2. The van der Waals surface area contributed by atoms with Crippen molar-refractivity contribution in [1.29, 1.82) is 0 Å². The first-order valence-electron chi connectivity index (χ1n) is 22.1. The van der Waals surface area contributed by atoms with Crippen molar-refractivity contribution < 1.29 is 72.2 Å². The van der Waals surface area contributed by atoms with Crippen LogP contribution in [0.15, 0.2) is 102 Å². The van der Waals surface area contributed by atoms with E-state index in [2.05, 4.69) is 5.32 Å². The van der Waals surface area contributed by atoms with Gasteiger partial charge in [0.15, 0.2) is 23.6 Å². The second kappa shape index (κ2) is 18.4. The van der Waals surface area contributed by atoms with Gasteiger partial charge in [-0.3, -0.25) is 24.0 Å². The number of nitrogens with one attached hydrogen (secondary N) is 1. The number of hydrogen-bond donors (Lipinski definition) is 4. The third-order valence-electron chi connectivity index (χ3n) is 14.1. The summed E-state index contributed by atoms with van der Waals surface area (Å²) in [6.07, 6.45) is -10.8. The normalized spacial score (nSPS) is 30.7. The Balaban J connectivity index is 1.43. The number of rotatable bonds is 12. The zero-order valence-corrected chi connectivity index (χ0v) is 38.3. The highest BCUT2D eigenvalue weighted by Crippen LogP contribution is 2.65. The molecule has 1 amide bonds. The number of aliphatic hydroxyl groups excluding tert-OH is 1. The number of carbonyl (C=O) groups is 7. The lowest BCUT2D eigenvalue weighted by molar-refractivity contribution is -0.346. The van der Waals surface area contributed by atoms with Crippen LogP contribution in [-0.4, -0.2) is 112 Å². The zero-order valence-electron chi connectivity index (χ0n) is 38.3. The average molecular weight is 925 g/mol. The fraction of sp³-hybridized carbons (Fsp3) is 0.460. The third kappa shape index (κ3) is 8.53. The molecule has 0 spiro atoms. The highest BCUT2D eigenvalue weighted by molar-refractivity contribution is 5.96. The minimum atomic E-state index is -2.46. The van der Waals surface area contributed by atoms with E-state index >= 15 is 4.79 Å². The molecule has 0 aromatic heterocycles. The van der Waals surface area contributed by atoms with Crippen LogP contribution in [0.2, 0.25) is 0 Å². The Bertz CT molecular complexity index is 2460. The van der Waals surface area contributed by atoms with Crippen LogP contribution in [0.1, 0.15) is 93.6 Å². The van der Waals surface area contributed by atoms with Crippen molar-refractivity contribution in [2.45, 2.75) is 121 Å². The molecule has 5 N–H and O–H groups in total. The lowest BCUT2D eigenvalue weighted by Crippen LogP contribution is -2.82. The van der Waals surface area contributed by atoms with Gasteiger partial charge in [0.25, 0.3) is 5.91 Å². The van der Waals surface area contributed by atoms with Gasteiger partial charge in [0.1, 0.15) is 36.1 Å². The molecule has 7 rings (SSSR count). The molecule has 1 heterocycles. The average Bonchev–Trinajstić information content (AvgIpc) is 3.28. The van der Waals surface area contributed by atoms with Crippen molar-refractivity contribution in [3.05, 3.63) is 119 Å². The largest absolute Gasteiger partial charge is 0.460 e. The maximum atomic E-state index is 16.0. The minimum absolute atomic E-state index is 0.0360. The van der Waals surface area contributed by atoms with Gasteiger partial charge in [0.2, 0.25) is 0 Å². The highest BCUT2D eigenvalue weighted by atomic mass is 16.6. The van der Waals surface area contributed by atoms with Crippen LogP contribution < -0.4 is 11.1 Å². The highest BCUT2D eigenvalue weighted by Gasteiger charge is 2.79. The van der Waals surface area contributed by atoms with Gasteiger partial charge in [0, 0.05) is 37.7 Å². The van der Waals surface area contributed by atoms with E-state index in [9.17, 15) is 39.0 Å². The second-order valence-electron chi connectivity index (χ2n) is 18.6. The Morgan fingerprint density at radius 3 is 1.93 bits per heavy atom. The second-order valence-corrected chi connectivity index (χ2v) is 18.6. The summed E-state index contributed by atoms with van der Waals surface area (Å²) in [5.74, 6) is -8.04. The van der Waals surface area contributed by atoms with Gasteiger partial charge in [-0.25, -0.2) is 9.59 Å². The van der Waals surface area contributed by atoms with Crippen molar-refractivity contribution in [3.8, 4) is 0 Å². The van der Waals surface area contributed by atoms with E-state index in [0.29, 0.717) is 5.56 Å². The van der Waals surface area contributed by atoms with Crippen molar-refractivity contribution in [2.24, 2.45) is 22.5 Å². The summed E-state index contributed by atoms with van der Waals surface area (Å²) in [5.41, 5.74) is -1.49. The number of amides is 1. The lowest BCUT2D eigenvalue weighted by atomic mass is 9.44. The van der Waals surface area contributed by atoms with E-state index in [1.165, 1.54) is 32.9 Å². The maximum Gasteiger partial charge on any atom is 0.338 e. The lowest BCUT2D eigenvalue weighted by Gasteiger charge is -2.67. The first-order valence-corrected chi connectivity index (χ1v) is 22.1. The van der Waals surface area contributed by atoms with E-state index in [1.54, 1.807) is 92.7 Å². The van der Waals surface area contributed by atoms with Gasteiger partial charge in [-0.2, -0.15) is 0 Å². The Labute approximate surface area is 387 Å². The Morgan fingerprint density at radius 1 is 0.806 bits per heavy atom. The maximum absolute atomic E-state index is 16.0. The molecular formula is C50H56N2O15. The van der Waals surface area contributed by atoms with E-state index in [-0.39, 0.29) is 35.3 Å². The molecule has 67 heavy (non-hydrogen) atoms. The first kappa shape index (κ1) is 48.7. The molecule has 17 heteroatoms. The van der Waals surface area contributed by atoms with Crippen LogP contribution in [0.4, 0.5) is 0 Å². The van der Waals surface area contributed by atoms with Gasteiger partial charge in [-0.15, -0.1) is 0 Å². The van der Waals surface area contributed by atoms with E-state index < -0.39 is 125 Å². The molecule has 3 aromatic rings. The predicted molar refractivity (Wildman–Crippen MR) is 235 cm³/mol. The standard InChI is InChI=1S/C50H56N2O15/c1-26-33(64-46(60)38(55)37(30-17-11-8-12-18-30)52-43(57)31-19-13-9-14-20-31)24-50(61)42(66-45(59)32-21-15-10-16-22-32)40-48(7,41(56)39(63-28(3)53)36(26)47(50,5)6)34(65-44(58)27(2)51)23-35-49(40,25-62-35)67-29(4)54/h8-22,27,33-35,37-40,42,55,61H,23-25,51H2,1-7H3,(H,52,57)/t27-,33-,34-,35+,37-,38+,39+,40?,42?,48+,49-,50+/m0/s1. The minimum Gasteiger partial charge on any atom is -0.460 e. The number of hydrogen-bond acceptors (Lipinski definition) is 16. The number of carbonyl (C=O) groups excluding carboxylic acids is 7. The molecular weight excluding hydrogens is 869 g/mol. The summed E-state index contributed by atoms with van der Waals surface area (Å²) < 4.78 is 36.8. The fourth-order valence-corrected chi connectivity index (χ4v) is 10.6. The van der Waals surface area contributed by atoms with Crippen LogP contribution in [0.5, 0.6) is 0 Å². The van der Waals surface area contributed by atoms with Crippen molar-refractivity contribution in [1.82, 2.24) is 5.32 Å². The molecule has 2 unspecified atom stereocenters. The summed E-state index contributed by atoms with van der Waals surface area (Å²) in [6, 6.07) is 21.6. The zero-order chi connectivity index (χ0) is 48.8. The molecule has 4 aliphatic rings. The van der Waals surface area contributed by atoms with E-state index in [1.807, 2.05) is 0 Å². The molecule has 3 fully saturated rings. The van der Waals surface area contributed by atoms with Crippen LogP contribution in [0.3, 0.4) is 0 Å². The fourth-order valence-electron chi connectivity index (χ4n) is 10.6. The third-order valence-corrected chi connectivity index (χ3v) is 14.1. The molecule has 1 saturated heterocycles. The van der Waals surface area contributed by atoms with Crippen LogP contribution in [-0.2, 0) is 52.4 Å². The summed E-state index contributed by atoms with van der Waals surface area (Å²) in [4.78, 5) is 98.3. The molecule has 3 aliphatic carbocycles. The summed E-state index contributed by atoms with van der Waals surface area (Å²) in [7, 11) is 0. The molecule has 17 nitrogen and oxygen atoms in total. The summed E-state index contributed by atoms with van der Waals surface area (Å²) in [6.45, 7) is 9.22. The Hall–Kier alpha value is -6.27. The van der Waals surface area contributed by atoms with Gasteiger partial charge in [0.05, 0.1) is 29.5 Å². The van der Waals surface area contributed by atoms with Gasteiger partial charge < -0.3 is 49.7 Å². The van der Waals surface area contributed by atoms with Crippen molar-refractivity contribution in [2.75, 3.05) is 6.61 Å². The quantitative estimate of drug-likeness (QED) is 0.115. The Morgan fingerprint density at radius 2 is 1.39 bits per heavy atom. The smallest absolute Gasteiger partial charge is 0.338 e. The SMILES string of the molecule is CC(=O)O[C@H]1C(=O)[C@@]2(C)C(C(OC(=O)c3ccccc3)[C@]3(O)C[C@H](OC(=O)[C@H](O)[C@@H](NC(=O)c4ccccc4)c4ccccc4)C(C)=C1C3(C)C)[C@]1(OC(C)=O)CO[C@@H]1C[C@@H]2OC(=O)[C@H](C)N. The van der Waals surface area contributed by atoms with E-state index in [0.717, 1.165) is 13.8 Å². The van der Waals surface area contributed by atoms with Crippen molar-refractivity contribution in [3.63, 3.8) is 0 Å². The van der Waals surface area contributed by atoms with E-state index in [4.69, 9.17) is 34.2 Å². The predicted octanol–water partition coefficient (Wildman–Crippen LogP) is 3.63. The van der Waals surface area contributed by atoms with Crippen molar-refractivity contribution >= 4 is 41.5 Å². The number of ether oxygens (including phenoxy) is 6. The van der Waals surface area contributed by atoms with Gasteiger partial charge >= 0.3 is 29.8 Å². The first-order chi connectivity index (χ1) is 31.6. The molecule has 1 aliphatic heterocycles. The molecule has 356 valence electrons.